The molecule has 2 rings (SSSR count). The molecule has 5 nitrogen and oxygen atoms in total. The zero-order chi connectivity index (χ0) is 15.8. The number of methoxy groups -OCH3 is 2. The Kier molecular flexibility index (Phi) is 7.59. The average molecular weight is 373 g/mol. The van der Waals surface area contributed by atoms with Gasteiger partial charge >= 0.3 is 0 Å². The van der Waals surface area contributed by atoms with Gasteiger partial charge in [-0.2, -0.15) is 0 Å². The van der Waals surface area contributed by atoms with E-state index in [1.807, 2.05) is 6.07 Å². The molecule has 6 heteroatoms. The molecule has 1 aliphatic heterocycles. The maximum Gasteiger partial charge on any atom is 0.213 e. The van der Waals surface area contributed by atoms with Crippen LogP contribution < -0.4 is 4.74 Å². The second kappa shape index (κ2) is 9.45. The van der Waals surface area contributed by atoms with Crippen molar-refractivity contribution in [1.82, 2.24) is 9.88 Å². The van der Waals surface area contributed by atoms with Crippen molar-refractivity contribution in [2.75, 3.05) is 40.5 Å². The molecule has 0 unspecified atom stereocenters. The molecular formula is C16H25BrN2O3. The lowest BCUT2D eigenvalue weighted by Crippen LogP contribution is -2.31. The van der Waals surface area contributed by atoms with Gasteiger partial charge in [-0.05, 0) is 48.3 Å². The lowest BCUT2D eigenvalue weighted by Gasteiger charge is -2.26. The van der Waals surface area contributed by atoms with E-state index in [-0.39, 0.29) is 0 Å². The Balaban J connectivity index is 1.81. The molecule has 124 valence electrons. The first kappa shape index (κ1) is 17.7. The van der Waals surface area contributed by atoms with Gasteiger partial charge < -0.3 is 19.1 Å². The fourth-order valence-corrected chi connectivity index (χ4v) is 3.10. The molecule has 1 aromatic heterocycles. The number of rotatable bonds is 8. The lowest BCUT2D eigenvalue weighted by molar-refractivity contribution is -0.106. The van der Waals surface area contributed by atoms with E-state index in [0.717, 1.165) is 23.0 Å². The number of piperidine rings is 1. The highest BCUT2D eigenvalue weighted by Gasteiger charge is 2.15. The highest BCUT2D eigenvalue weighted by atomic mass is 79.9. The smallest absolute Gasteiger partial charge is 0.213 e. The SMILES string of the molecule is COC(OC)c1cc(OCCCN2CCCCC2)ncc1Br. The molecule has 0 N–H and O–H groups in total. The van der Waals surface area contributed by atoms with Crippen molar-refractivity contribution in [1.29, 1.82) is 0 Å². The molecule has 0 spiro atoms. The second-order valence-electron chi connectivity index (χ2n) is 5.45. The number of hydrogen-bond donors (Lipinski definition) is 0. The minimum atomic E-state index is -0.423. The Morgan fingerprint density at radius 1 is 1.23 bits per heavy atom. The predicted molar refractivity (Wildman–Crippen MR) is 89.1 cm³/mol. The third-order valence-corrected chi connectivity index (χ3v) is 4.52. The van der Waals surface area contributed by atoms with Crippen molar-refractivity contribution in [3.63, 3.8) is 0 Å². The zero-order valence-electron chi connectivity index (χ0n) is 13.4. The Labute approximate surface area is 141 Å². The summed E-state index contributed by atoms with van der Waals surface area (Å²) in [6.45, 7) is 4.23. The van der Waals surface area contributed by atoms with Gasteiger partial charge in [0.15, 0.2) is 6.29 Å². The first-order valence-electron chi connectivity index (χ1n) is 7.80. The van der Waals surface area contributed by atoms with E-state index in [1.54, 1.807) is 20.4 Å². The molecule has 1 aliphatic rings. The van der Waals surface area contributed by atoms with E-state index in [4.69, 9.17) is 14.2 Å². The lowest BCUT2D eigenvalue weighted by atomic mass is 10.1. The zero-order valence-corrected chi connectivity index (χ0v) is 15.0. The molecular weight excluding hydrogens is 348 g/mol. The number of halogens is 1. The van der Waals surface area contributed by atoms with Crippen LogP contribution in [-0.4, -0.2) is 50.3 Å². The first-order valence-corrected chi connectivity index (χ1v) is 8.60. The largest absolute Gasteiger partial charge is 0.478 e. The van der Waals surface area contributed by atoms with Crippen molar-refractivity contribution in [3.05, 3.63) is 22.3 Å². The summed E-state index contributed by atoms with van der Waals surface area (Å²) in [6, 6.07) is 1.86. The quantitative estimate of drug-likeness (QED) is 0.516. The molecule has 0 radical (unpaired) electrons. The summed E-state index contributed by atoms with van der Waals surface area (Å²) in [4.78, 5) is 6.79. The van der Waals surface area contributed by atoms with Gasteiger partial charge in [-0.25, -0.2) is 4.98 Å². The van der Waals surface area contributed by atoms with Crippen LogP contribution in [0.2, 0.25) is 0 Å². The molecule has 1 saturated heterocycles. The topological polar surface area (TPSA) is 43.8 Å². The van der Waals surface area contributed by atoms with Gasteiger partial charge in [-0.1, -0.05) is 6.42 Å². The minimum absolute atomic E-state index is 0.423. The van der Waals surface area contributed by atoms with Crippen molar-refractivity contribution < 1.29 is 14.2 Å². The number of hydrogen-bond acceptors (Lipinski definition) is 5. The Morgan fingerprint density at radius 2 is 1.95 bits per heavy atom. The van der Waals surface area contributed by atoms with Crippen LogP contribution in [0.3, 0.4) is 0 Å². The molecule has 0 amide bonds. The Hall–Kier alpha value is -0.690. The summed E-state index contributed by atoms with van der Waals surface area (Å²) in [6.07, 6.45) is 6.35. The summed E-state index contributed by atoms with van der Waals surface area (Å²) >= 11 is 3.46. The third kappa shape index (κ3) is 5.19. The highest BCUT2D eigenvalue weighted by Crippen LogP contribution is 2.28. The maximum atomic E-state index is 5.76. The molecule has 0 atom stereocenters. The highest BCUT2D eigenvalue weighted by molar-refractivity contribution is 9.10. The number of likely N-dealkylation sites (tertiary alicyclic amines) is 1. The van der Waals surface area contributed by atoms with E-state index in [2.05, 4.69) is 25.8 Å². The van der Waals surface area contributed by atoms with Crippen molar-refractivity contribution >= 4 is 15.9 Å². The average Bonchev–Trinajstić information content (AvgIpc) is 2.56. The van der Waals surface area contributed by atoms with Crippen LogP contribution in [0.5, 0.6) is 5.88 Å². The van der Waals surface area contributed by atoms with Crippen LogP contribution in [-0.2, 0) is 9.47 Å². The van der Waals surface area contributed by atoms with Crippen LogP contribution >= 0.6 is 15.9 Å². The fourth-order valence-electron chi connectivity index (χ4n) is 2.69. The number of pyridine rings is 1. The molecule has 0 bridgehead atoms. The van der Waals surface area contributed by atoms with Crippen LogP contribution in [0.1, 0.15) is 37.5 Å². The standard InChI is InChI=1S/C16H25BrN2O3/c1-20-16(21-2)13-11-15(18-12-14(13)17)22-10-6-9-19-7-4-3-5-8-19/h11-12,16H,3-10H2,1-2H3. The number of nitrogens with zero attached hydrogens (tertiary/aromatic N) is 2. The van der Waals surface area contributed by atoms with Crippen LogP contribution in [0.25, 0.3) is 0 Å². The van der Waals surface area contributed by atoms with E-state index < -0.39 is 6.29 Å². The third-order valence-electron chi connectivity index (χ3n) is 3.86. The van der Waals surface area contributed by atoms with Gasteiger partial charge in [0.05, 0.1) is 6.61 Å². The van der Waals surface area contributed by atoms with E-state index in [9.17, 15) is 0 Å². The summed E-state index contributed by atoms with van der Waals surface area (Å²) in [5.74, 6) is 0.607. The molecule has 0 saturated carbocycles. The minimum Gasteiger partial charge on any atom is -0.478 e. The van der Waals surface area contributed by atoms with Gasteiger partial charge in [0.1, 0.15) is 0 Å². The van der Waals surface area contributed by atoms with Crippen molar-refractivity contribution in [2.45, 2.75) is 32.0 Å². The fraction of sp³-hybridized carbons (Fsp3) is 0.688. The van der Waals surface area contributed by atoms with Gasteiger partial charge in [0.25, 0.3) is 0 Å². The van der Waals surface area contributed by atoms with Crippen molar-refractivity contribution in [2.24, 2.45) is 0 Å². The van der Waals surface area contributed by atoms with E-state index in [1.165, 1.54) is 32.4 Å². The monoisotopic (exact) mass is 372 g/mol. The van der Waals surface area contributed by atoms with Crippen LogP contribution in [0.15, 0.2) is 16.7 Å². The molecule has 0 aromatic carbocycles. The summed E-state index contributed by atoms with van der Waals surface area (Å²) < 4.78 is 17.2. The van der Waals surface area contributed by atoms with Gasteiger partial charge in [0.2, 0.25) is 5.88 Å². The predicted octanol–water partition coefficient (Wildman–Crippen LogP) is 3.39. The normalized spacial score (nSPS) is 16.2. The number of ether oxygens (including phenoxy) is 3. The van der Waals surface area contributed by atoms with Crippen LogP contribution in [0.4, 0.5) is 0 Å². The number of aromatic nitrogens is 1. The summed E-state index contributed by atoms with van der Waals surface area (Å²) in [7, 11) is 3.22. The van der Waals surface area contributed by atoms with E-state index in [0.29, 0.717) is 12.5 Å². The molecule has 1 aromatic rings. The molecule has 1 fully saturated rings. The van der Waals surface area contributed by atoms with Crippen LogP contribution in [0, 0.1) is 0 Å². The van der Waals surface area contributed by atoms with E-state index >= 15 is 0 Å². The summed E-state index contributed by atoms with van der Waals surface area (Å²) in [5, 5.41) is 0. The molecule has 22 heavy (non-hydrogen) atoms. The van der Waals surface area contributed by atoms with Gasteiger partial charge in [-0.3, -0.25) is 0 Å². The van der Waals surface area contributed by atoms with Gasteiger partial charge in [0, 0.05) is 43.1 Å². The summed E-state index contributed by atoms with van der Waals surface area (Å²) in [5.41, 5.74) is 0.881. The van der Waals surface area contributed by atoms with Gasteiger partial charge in [-0.15, -0.1) is 0 Å². The molecule has 2 heterocycles. The Bertz CT molecular complexity index is 449. The first-order chi connectivity index (χ1) is 10.7. The molecule has 0 aliphatic carbocycles. The second-order valence-corrected chi connectivity index (χ2v) is 6.31. The maximum absolute atomic E-state index is 5.76. The Morgan fingerprint density at radius 3 is 2.64 bits per heavy atom. The van der Waals surface area contributed by atoms with Crippen molar-refractivity contribution in [3.8, 4) is 5.88 Å².